The first-order valence-electron chi connectivity index (χ1n) is 6.03. The number of halogens is 1. The summed E-state index contributed by atoms with van der Waals surface area (Å²) in [5, 5.41) is 2.91. The molecule has 0 aliphatic carbocycles. The van der Waals surface area contributed by atoms with Gasteiger partial charge in [0.25, 0.3) is 0 Å². The third-order valence-electron chi connectivity index (χ3n) is 2.77. The molecule has 0 spiro atoms. The van der Waals surface area contributed by atoms with Crippen molar-refractivity contribution in [3.05, 3.63) is 35.6 Å². The van der Waals surface area contributed by atoms with Gasteiger partial charge in [-0.05, 0) is 30.0 Å². The first-order valence-corrected chi connectivity index (χ1v) is 6.03. The van der Waals surface area contributed by atoms with Crippen LogP contribution >= 0.6 is 0 Å². The number of carbonyl (C=O) groups excluding carboxylic acids is 1. The fourth-order valence-electron chi connectivity index (χ4n) is 1.73. The smallest absolute Gasteiger partial charge is 0.237 e. The molecule has 0 fully saturated rings. The molecule has 1 rings (SSSR count). The Balaban J connectivity index is 2.99. The molecule has 3 nitrogen and oxygen atoms in total. The van der Waals surface area contributed by atoms with Gasteiger partial charge in [0.1, 0.15) is 5.82 Å². The first kappa shape index (κ1) is 14.6. The molecule has 0 radical (unpaired) electrons. The summed E-state index contributed by atoms with van der Waals surface area (Å²) in [6.45, 7) is 7.69. The fourth-order valence-corrected chi connectivity index (χ4v) is 1.73. The van der Waals surface area contributed by atoms with Crippen LogP contribution in [0.15, 0.2) is 24.3 Å². The number of nitrogens with one attached hydrogen (secondary N) is 1. The molecule has 0 heterocycles. The minimum absolute atomic E-state index is 0.178. The van der Waals surface area contributed by atoms with Gasteiger partial charge < -0.3 is 11.1 Å². The van der Waals surface area contributed by atoms with Crippen LogP contribution in [0.4, 0.5) is 4.39 Å². The molecule has 4 heteroatoms. The van der Waals surface area contributed by atoms with Crippen molar-refractivity contribution in [2.75, 3.05) is 0 Å². The molecule has 0 saturated carbocycles. The summed E-state index contributed by atoms with van der Waals surface area (Å²) < 4.78 is 12.9. The van der Waals surface area contributed by atoms with E-state index < -0.39 is 6.04 Å². The van der Waals surface area contributed by atoms with E-state index in [1.165, 1.54) is 12.1 Å². The van der Waals surface area contributed by atoms with E-state index in [4.69, 9.17) is 5.73 Å². The second-order valence-corrected chi connectivity index (χ2v) is 5.65. The van der Waals surface area contributed by atoms with Gasteiger partial charge in [0.2, 0.25) is 5.91 Å². The average molecular weight is 252 g/mol. The normalized spacial score (nSPS) is 15.0. The molecule has 18 heavy (non-hydrogen) atoms. The minimum Gasteiger partial charge on any atom is -0.347 e. The van der Waals surface area contributed by atoms with E-state index in [0.29, 0.717) is 0 Å². The number of benzene rings is 1. The predicted molar refractivity (Wildman–Crippen MR) is 70.4 cm³/mol. The van der Waals surface area contributed by atoms with Gasteiger partial charge in [-0.15, -0.1) is 0 Å². The highest BCUT2D eigenvalue weighted by Crippen LogP contribution is 2.32. The summed E-state index contributed by atoms with van der Waals surface area (Å²) in [7, 11) is 0. The van der Waals surface area contributed by atoms with Crippen molar-refractivity contribution in [1.29, 1.82) is 0 Å². The lowest BCUT2D eigenvalue weighted by molar-refractivity contribution is -0.123. The Bertz CT molecular complexity index is 407. The van der Waals surface area contributed by atoms with Crippen LogP contribution in [0.3, 0.4) is 0 Å². The molecule has 1 aromatic rings. The van der Waals surface area contributed by atoms with Gasteiger partial charge in [0.05, 0.1) is 12.1 Å². The number of rotatable bonds is 3. The van der Waals surface area contributed by atoms with Gasteiger partial charge in [-0.2, -0.15) is 0 Å². The number of amides is 1. The Labute approximate surface area is 108 Å². The maximum absolute atomic E-state index is 12.9. The first-order chi connectivity index (χ1) is 8.21. The summed E-state index contributed by atoms with van der Waals surface area (Å²) >= 11 is 0. The Morgan fingerprint density at radius 2 is 1.78 bits per heavy atom. The zero-order chi connectivity index (χ0) is 13.9. The van der Waals surface area contributed by atoms with Crippen LogP contribution in [-0.2, 0) is 4.79 Å². The highest BCUT2D eigenvalue weighted by Gasteiger charge is 2.28. The third-order valence-corrected chi connectivity index (χ3v) is 2.77. The minimum atomic E-state index is -0.560. The van der Waals surface area contributed by atoms with Crippen molar-refractivity contribution < 1.29 is 9.18 Å². The second kappa shape index (κ2) is 5.48. The number of carbonyl (C=O) groups is 1. The van der Waals surface area contributed by atoms with E-state index in [1.54, 1.807) is 19.1 Å². The highest BCUT2D eigenvalue weighted by atomic mass is 19.1. The number of hydrogen-bond acceptors (Lipinski definition) is 2. The van der Waals surface area contributed by atoms with E-state index in [-0.39, 0.29) is 23.2 Å². The maximum atomic E-state index is 12.9. The fraction of sp³-hybridized carbons (Fsp3) is 0.500. The molecule has 0 aliphatic heterocycles. The molecule has 0 aromatic heterocycles. The molecule has 3 N–H and O–H groups in total. The van der Waals surface area contributed by atoms with Gasteiger partial charge in [0, 0.05) is 0 Å². The maximum Gasteiger partial charge on any atom is 0.237 e. The topological polar surface area (TPSA) is 55.1 Å². The van der Waals surface area contributed by atoms with Gasteiger partial charge >= 0.3 is 0 Å². The van der Waals surface area contributed by atoms with E-state index in [9.17, 15) is 9.18 Å². The molecule has 2 atom stereocenters. The van der Waals surface area contributed by atoms with E-state index in [2.05, 4.69) is 5.32 Å². The molecule has 100 valence electrons. The molecular weight excluding hydrogens is 231 g/mol. The largest absolute Gasteiger partial charge is 0.347 e. The van der Waals surface area contributed by atoms with Crippen LogP contribution < -0.4 is 11.1 Å². The van der Waals surface area contributed by atoms with Crippen molar-refractivity contribution in [3.8, 4) is 0 Å². The van der Waals surface area contributed by atoms with E-state index >= 15 is 0 Å². The average Bonchev–Trinajstić information content (AvgIpc) is 2.25. The summed E-state index contributed by atoms with van der Waals surface area (Å²) in [4.78, 5) is 11.7. The summed E-state index contributed by atoms with van der Waals surface area (Å²) in [6.07, 6.45) is 0. The predicted octanol–water partition coefficient (Wildman–Crippen LogP) is 2.38. The standard InChI is InChI=1S/C14H21FN2O/c1-9(16)13(18)17-12(14(2,3)4)10-5-7-11(15)8-6-10/h5-9,12H,16H2,1-4H3,(H,17,18)/t9-,12?/m0/s1. The summed E-state index contributed by atoms with van der Waals surface area (Å²) in [6, 6.07) is 5.41. The Morgan fingerprint density at radius 1 is 1.28 bits per heavy atom. The number of hydrogen-bond donors (Lipinski definition) is 2. The Kier molecular flexibility index (Phi) is 4.46. The van der Waals surface area contributed by atoms with Gasteiger partial charge in [-0.1, -0.05) is 32.9 Å². The van der Waals surface area contributed by atoms with Gasteiger partial charge in [0.15, 0.2) is 0 Å². The van der Waals surface area contributed by atoms with Crippen LogP contribution in [0.25, 0.3) is 0 Å². The third kappa shape index (κ3) is 3.81. The summed E-state index contributed by atoms with van der Waals surface area (Å²) in [5.74, 6) is -0.496. The van der Waals surface area contributed by atoms with Crippen LogP contribution in [0.2, 0.25) is 0 Å². The molecule has 0 saturated heterocycles. The van der Waals surface area contributed by atoms with Crippen molar-refractivity contribution >= 4 is 5.91 Å². The van der Waals surface area contributed by atoms with Crippen molar-refractivity contribution in [2.45, 2.75) is 39.8 Å². The van der Waals surface area contributed by atoms with Crippen LogP contribution in [0, 0.1) is 11.2 Å². The molecular formula is C14H21FN2O. The summed E-state index contributed by atoms with van der Waals surface area (Å²) in [5.41, 5.74) is 6.25. The van der Waals surface area contributed by atoms with Gasteiger partial charge in [-0.25, -0.2) is 4.39 Å². The molecule has 0 aliphatic rings. The zero-order valence-corrected chi connectivity index (χ0v) is 11.3. The molecule has 1 aromatic carbocycles. The molecule has 1 unspecified atom stereocenters. The van der Waals surface area contributed by atoms with Crippen molar-refractivity contribution in [1.82, 2.24) is 5.32 Å². The van der Waals surface area contributed by atoms with Crippen molar-refractivity contribution in [3.63, 3.8) is 0 Å². The van der Waals surface area contributed by atoms with E-state index in [1.807, 2.05) is 20.8 Å². The lowest BCUT2D eigenvalue weighted by Gasteiger charge is -2.32. The zero-order valence-electron chi connectivity index (χ0n) is 11.3. The SMILES string of the molecule is C[C@H](N)C(=O)NC(c1ccc(F)cc1)C(C)(C)C. The Morgan fingerprint density at radius 3 is 2.17 bits per heavy atom. The Hall–Kier alpha value is -1.42. The highest BCUT2D eigenvalue weighted by molar-refractivity contribution is 5.81. The lowest BCUT2D eigenvalue weighted by atomic mass is 9.82. The second-order valence-electron chi connectivity index (χ2n) is 5.65. The number of nitrogens with two attached hydrogens (primary N) is 1. The monoisotopic (exact) mass is 252 g/mol. The van der Waals surface area contributed by atoms with E-state index in [0.717, 1.165) is 5.56 Å². The molecule has 1 amide bonds. The van der Waals surface area contributed by atoms with Crippen LogP contribution in [0.5, 0.6) is 0 Å². The van der Waals surface area contributed by atoms with Crippen molar-refractivity contribution in [2.24, 2.45) is 11.1 Å². The van der Waals surface area contributed by atoms with Crippen LogP contribution in [-0.4, -0.2) is 11.9 Å². The van der Waals surface area contributed by atoms with Gasteiger partial charge in [-0.3, -0.25) is 4.79 Å². The van der Waals surface area contributed by atoms with Crippen LogP contribution in [0.1, 0.15) is 39.3 Å². The quantitative estimate of drug-likeness (QED) is 0.867. The molecule has 0 bridgehead atoms. The lowest BCUT2D eigenvalue weighted by Crippen LogP contribution is -2.44.